The number of aromatic nitrogens is 1. The lowest BCUT2D eigenvalue weighted by Crippen LogP contribution is -2.09. The van der Waals surface area contributed by atoms with E-state index in [0.717, 1.165) is 16.6 Å². The number of pyridine rings is 1. The Balaban J connectivity index is 2.01. The van der Waals surface area contributed by atoms with Crippen molar-refractivity contribution in [2.75, 3.05) is 12.3 Å². The highest BCUT2D eigenvalue weighted by Gasteiger charge is 2.17. The zero-order chi connectivity index (χ0) is 11.5. The summed E-state index contributed by atoms with van der Waals surface area (Å²) in [6.45, 7) is 2.73. The Morgan fingerprint density at radius 2 is 2.19 bits per heavy atom. The Bertz CT molecular complexity index is 376. The molecule has 1 aliphatic carbocycles. The Hall–Kier alpha value is -0.770. The predicted octanol–water partition coefficient (Wildman–Crippen LogP) is 3.30. The van der Waals surface area contributed by atoms with Gasteiger partial charge in [0.2, 0.25) is 5.88 Å². The normalized spacial score (nSPS) is 16.6. The van der Waals surface area contributed by atoms with Gasteiger partial charge in [0.05, 0.1) is 23.0 Å². The summed E-state index contributed by atoms with van der Waals surface area (Å²) in [5, 5.41) is 0. The van der Waals surface area contributed by atoms with Crippen LogP contribution in [0.25, 0.3) is 0 Å². The van der Waals surface area contributed by atoms with E-state index >= 15 is 0 Å². The Morgan fingerprint density at radius 3 is 2.88 bits per heavy atom. The summed E-state index contributed by atoms with van der Waals surface area (Å²) in [6, 6.07) is 0. The van der Waals surface area contributed by atoms with Crippen molar-refractivity contribution in [1.29, 1.82) is 0 Å². The minimum atomic E-state index is 0.665. The lowest BCUT2D eigenvalue weighted by atomic mass is 10.1. The third-order valence-electron chi connectivity index (χ3n) is 3.20. The van der Waals surface area contributed by atoms with Crippen LogP contribution in [-0.2, 0) is 0 Å². The van der Waals surface area contributed by atoms with Gasteiger partial charge in [0.25, 0.3) is 0 Å². The first-order valence-corrected chi connectivity index (χ1v) is 6.51. The number of hydrogen-bond acceptors (Lipinski definition) is 3. The molecule has 0 atom stereocenters. The van der Waals surface area contributed by atoms with Gasteiger partial charge >= 0.3 is 0 Å². The SMILES string of the molecule is Cc1c(N)cnc(OCC2CCCC2)c1Br. The maximum atomic E-state index is 5.76. The van der Waals surface area contributed by atoms with Crippen LogP contribution >= 0.6 is 15.9 Å². The van der Waals surface area contributed by atoms with Crippen LogP contribution < -0.4 is 10.5 Å². The molecule has 4 heteroatoms. The van der Waals surface area contributed by atoms with Gasteiger partial charge in [-0.1, -0.05) is 12.8 Å². The summed E-state index contributed by atoms with van der Waals surface area (Å²) in [7, 11) is 0. The Labute approximate surface area is 105 Å². The largest absolute Gasteiger partial charge is 0.477 e. The molecule has 0 aliphatic heterocycles. The van der Waals surface area contributed by atoms with Gasteiger partial charge in [0, 0.05) is 0 Å². The van der Waals surface area contributed by atoms with Crippen molar-refractivity contribution in [3.8, 4) is 5.88 Å². The van der Waals surface area contributed by atoms with Crippen LogP contribution in [0, 0.1) is 12.8 Å². The number of rotatable bonds is 3. The maximum Gasteiger partial charge on any atom is 0.228 e. The van der Waals surface area contributed by atoms with Gasteiger partial charge in [0.1, 0.15) is 0 Å². The summed E-state index contributed by atoms with van der Waals surface area (Å²) in [5.41, 5.74) is 7.45. The minimum absolute atomic E-state index is 0.665. The topological polar surface area (TPSA) is 48.1 Å². The van der Waals surface area contributed by atoms with Crippen LogP contribution in [0.15, 0.2) is 10.7 Å². The molecular weight excluding hydrogens is 268 g/mol. The average molecular weight is 285 g/mol. The molecule has 2 N–H and O–H groups in total. The van der Waals surface area contributed by atoms with E-state index in [0.29, 0.717) is 17.5 Å². The quantitative estimate of drug-likeness (QED) is 0.927. The van der Waals surface area contributed by atoms with E-state index in [1.165, 1.54) is 25.7 Å². The summed E-state index contributed by atoms with van der Waals surface area (Å²) in [4.78, 5) is 4.21. The zero-order valence-electron chi connectivity index (χ0n) is 9.50. The average Bonchev–Trinajstić information content (AvgIpc) is 2.78. The lowest BCUT2D eigenvalue weighted by Gasteiger charge is -2.13. The van der Waals surface area contributed by atoms with Gasteiger partial charge in [-0.15, -0.1) is 0 Å². The first-order valence-electron chi connectivity index (χ1n) is 5.72. The van der Waals surface area contributed by atoms with Gasteiger partial charge in [0.15, 0.2) is 0 Å². The van der Waals surface area contributed by atoms with Crippen molar-refractivity contribution in [1.82, 2.24) is 4.98 Å². The first kappa shape index (κ1) is 11.7. The maximum absolute atomic E-state index is 5.76. The fourth-order valence-electron chi connectivity index (χ4n) is 2.04. The second kappa shape index (κ2) is 5.04. The molecule has 0 saturated heterocycles. The van der Waals surface area contributed by atoms with Gasteiger partial charge in [-0.2, -0.15) is 0 Å². The summed E-state index contributed by atoms with van der Waals surface area (Å²) in [6.07, 6.45) is 6.90. The van der Waals surface area contributed by atoms with E-state index in [2.05, 4.69) is 20.9 Å². The number of nitrogens with two attached hydrogens (primary N) is 1. The van der Waals surface area contributed by atoms with Crippen LogP contribution in [0.3, 0.4) is 0 Å². The number of nitrogens with zero attached hydrogens (tertiary/aromatic N) is 1. The van der Waals surface area contributed by atoms with Gasteiger partial charge in [-0.05, 0) is 47.2 Å². The zero-order valence-corrected chi connectivity index (χ0v) is 11.1. The van der Waals surface area contributed by atoms with Crippen molar-refractivity contribution in [2.24, 2.45) is 5.92 Å². The van der Waals surface area contributed by atoms with E-state index in [4.69, 9.17) is 10.5 Å². The molecule has 0 aromatic carbocycles. The molecule has 1 aromatic heterocycles. The molecule has 88 valence electrons. The molecule has 1 aromatic rings. The number of ether oxygens (including phenoxy) is 1. The highest BCUT2D eigenvalue weighted by atomic mass is 79.9. The van der Waals surface area contributed by atoms with Crippen LogP contribution in [0.5, 0.6) is 5.88 Å². The van der Waals surface area contributed by atoms with Crippen molar-refractivity contribution in [3.63, 3.8) is 0 Å². The van der Waals surface area contributed by atoms with Crippen molar-refractivity contribution in [3.05, 3.63) is 16.2 Å². The molecule has 1 fully saturated rings. The predicted molar refractivity (Wildman–Crippen MR) is 68.5 cm³/mol. The number of halogens is 1. The monoisotopic (exact) mass is 284 g/mol. The molecule has 0 bridgehead atoms. The molecule has 0 spiro atoms. The van der Waals surface area contributed by atoms with Crippen LogP contribution in [0.1, 0.15) is 31.2 Å². The Morgan fingerprint density at radius 1 is 1.50 bits per heavy atom. The summed E-state index contributed by atoms with van der Waals surface area (Å²) in [5.74, 6) is 1.37. The van der Waals surface area contributed by atoms with E-state index in [1.54, 1.807) is 6.20 Å². The molecule has 3 nitrogen and oxygen atoms in total. The van der Waals surface area contributed by atoms with Crippen molar-refractivity contribution < 1.29 is 4.74 Å². The van der Waals surface area contributed by atoms with Gasteiger partial charge < -0.3 is 10.5 Å². The fourth-order valence-corrected chi connectivity index (χ4v) is 2.49. The van der Waals surface area contributed by atoms with E-state index < -0.39 is 0 Å². The third kappa shape index (κ3) is 2.48. The Kier molecular flexibility index (Phi) is 3.69. The highest BCUT2D eigenvalue weighted by Crippen LogP contribution is 2.31. The first-order chi connectivity index (χ1) is 7.68. The number of nitrogen functional groups attached to an aromatic ring is 1. The van der Waals surface area contributed by atoms with Crippen LogP contribution in [-0.4, -0.2) is 11.6 Å². The van der Waals surface area contributed by atoms with E-state index in [-0.39, 0.29) is 0 Å². The molecule has 0 unspecified atom stereocenters. The molecule has 1 saturated carbocycles. The molecule has 0 radical (unpaired) electrons. The van der Waals surface area contributed by atoms with Crippen LogP contribution in [0.4, 0.5) is 5.69 Å². The fraction of sp³-hybridized carbons (Fsp3) is 0.583. The lowest BCUT2D eigenvalue weighted by molar-refractivity contribution is 0.242. The number of hydrogen-bond donors (Lipinski definition) is 1. The second-order valence-corrected chi connectivity index (χ2v) is 5.21. The summed E-state index contributed by atoms with van der Waals surface area (Å²) >= 11 is 3.47. The van der Waals surface area contributed by atoms with Crippen molar-refractivity contribution >= 4 is 21.6 Å². The molecule has 16 heavy (non-hydrogen) atoms. The summed E-state index contributed by atoms with van der Waals surface area (Å²) < 4.78 is 6.62. The smallest absolute Gasteiger partial charge is 0.228 e. The molecule has 2 rings (SSSR count). The highest BCUT2D eigenvalue weighted by molar-refractivity contribution is 9.10. The van der Waals surface area contributed by atoms with Crippen LogP contribution in [0.2, 0.25) is 0 Å². The van der Waals surface area contributed by atoms with E-state index in [9.17, 15) is 0 Å². The molecular formula is C12H17BrN2O. The molecule has 1 aliphatic rings. The van der Waals surface area contributed by atoms with Gasteiger partial charge in [-0.3, -0.25) is 0 Å². The third-order valence-corrected chi connectivity index (χ3v) is 4.14. The second-order valence-electron chi connectivity index (χ2n) is 4.42. The van der Waals surface area contributed by atoms with Crippen molar-refractivity contribution in [2.45, 2.75) is 32.6 Å². The standard InChI is InChI=1S/C12H17BrN2O/c1-8-10(14)6-15-12(11(8)13)16-7-9-4-2-3-5-9/h6,9H,2-5,7,14H2,1H3. The minimum Gasteiger partial charge on any atom is -0.477 e. The molecule has 0 amide bonds. The number of anilines is 1. The van der Waals surface area contributed by atoms with E-state index in [1.807, 2.05) is 6.92 Å². The molecule has 1 heterocycles. The van der Waals surface area contributed by atoms with Gasteiger partial charge in [-0.25, -0.2) is 4.98 Å².